The van der Waals surface area contributed by atoms with Gasteiger partial charge in [-0.2, -0.15) is 0 Å². The molecule has 18 heteroatoms. The zero-order valence-corrected chi connectivity index (χ0v) is 14.1. The molecule has 0 aliphatic heterocycles. The highest BCUT2D eigenvalue weighted by molar-refractivity contribution is 7.46. The summed E-state index contributed by atoms with van der Waals surface area (Å²) in [6.07, 6.45) is -10.1. The van der Waals surface area contributed by atoms with Crippen LogP contribution in [-0.4, -0.2) is 76.9 Å². The van der Waals surface area contributed by atoms with Crippen LogP contribution in [0.15, 0.2) is 0 Å². The summed E-state index contributed by atoms with van der Waals surface area (Å²) in [5.41, 5.74) is 0. The van der Waals surface area contributed by atoms with Gasteiger partial charge in [-0.05, 0) is 0 Å². The number of phosphoric acid groups is 3. The molecule has 0 radical (unpaired) electrons. The van der Waals surface area contributed by atoms with Gasteiger partial charge >= 0.3 is 23.5 Å². The first-order chi connectivity index (χ1) is 10.6. The predicted octanol–water partition coefficient (Wildman–Crippen LogP) is -3.03. The van der Waals surface area contributed by atoms with E-state index in [1.165, 1.54) is 0 Å². The van der Waals surface area contributed by atoms with Crippen LogP contribution in [0.2, 0.25) is 0 Å². The van der Waals surface area contributed by atoms with Crippen LogP contribution < -0.4 is 0 Å². The second kappa shape index (κ2) is 9.03. The largest absolute Gasteiger partial charge is 0.470 e. The monoisotopic (exact) mass is 420 g/mol. The maximum absolute atomic E-state index is 10.8. The van der Waals surface area contributed by atoms with Gasteiger partial charge in [0.1, 0.15) is 18.3 Å². The first-order valence-corrected chi connectivity index (χ1v) is 10.1. The van der Waals surface area contributed by atoms with E-state index in [-0.39, 0.29) is 6.29 Å². The molecule has 0 aliphatic rings. The fourth-order valence-electron chi connectivity index (χ4n) is 1.30. The van der Waals surface area contributed by atoms with Gasteiger partial charge in [0, 0.05) is 0 Å². The average molecular weight is 420 g/mol. The van der Waals surface area contributed by atoms with Crippen molar-refractivity contribution in [3.8, 4) is 0 Å². The standard InChI is InChI=1S/C6H15O15P3/c7-1-4(20-23(13,14)15)5(9)6(21-24(16,17)18)3(8)2-19-22(10,11)12/h1,3-6,8-9H,2H2,(H2,10,11,12)(H2,13,14,15)(H2,16,17,18)/t3-,4+,5+,6-/m1/s1. The molecule has 0 aromatic rings. The molecule has 0 aromatic carbocycles. The molecule has 0 unspecified atom stereocenters. The molecule has 0 amide bonds. The molecule has 0 saturated carbocycles. The molecule has 0 spiro atoms. The average Bonchev–Trinajstić information content (AvgIpc) is 2.35. The Balaban J connectivity index is 5.36. The molecule has 8 N–H and O–H groups in total. The predicted molar refractivity (Wildman–Crippen MR) is 69.9 cm³/mol. The Morgan fingerprint density at radius 2 is 1.29 bits per heavy atom. The normalized spacial score (nSPS) is 18.7. The highest BCUT2D eigenvalue weighted by atomic mass is 31.2. The fraction of sp³-hybridized carbons (Fsp3) is 0.833. The lowest BCUT2D eigenvalue weighted by Crippen LogP contribution is -2.48. The molecule has 144 valence electrons. The molecule has 0 bridgehead atoms. The zero-order valence-electron chi connectivity index (χ0n) is 11.4. The van der Waals surface area contributed by atoms with Crippen molar-refractivity contribution in [3.05, 3.63) is 0 Å². The summed E-state index contributed by atoms with van der Waals surface area (Å²) in [4.78, 5) is 62.2. The van der Waals surface area contributed by atoms with Gasteiger partial charge in [0.05, 0.1) is 6.61 Å². The van der Waals surface area contributed by atoms with Gasteiger partial charge in [0.25, 0.3) is 0 Å². The van der Waals surface area contributed by atoms with Gasteiger partial charge in [0.15, 0.2) is 12.4 Å². The van der Waals surface area contributed by atoms with Crippen molar-refractivity contribution in [1.82, 2.24) is 0 Å². The van der Waals surface area contributed by atoms with Gasteiger partial charge < -0.3 is 44.4 Å². The fourth-order valence-corrected chi connectivity index (χ4v) is 2.72. The Hall–Kier alpha value is -0.0800. The van der Waals surface area contributed by atoms with Crippen molar-refractivity contribution >= 4 is 29.8 Å². The first-order valence-electron chi connectivity index (χ1n) is 5.55. The summed E-state index contributed by atoms with van der Waals surface area (Å²) >= 11 is 0. The minimum Gasteiger partial charge on any atom is -0.388 e. The summed E-state index contributed by atoms with van der Waals surface area (Å²) in [5.74, 6) is 0. The lowest BCUT2D eigenvalue weighted by atomic mass is 10.0. The van der Waals surface area contributed by atoms with Crippen LogP contribution >= 0.6 is 23.5 Å². The molecule has 4 atom stereocenters. The summed E-state index contributed by atoms with van der Waals surface area (Å²) in [6, 6.07) is 0. The number of carbonyl (C=O) groups excluding carboxylic acids is 1. The molecule has 0 heterocycles. The number of rotatable bonds is 11. The molecule has 15 nitrogen and oxygen atoms in total. The van der Waals surface area contributed by atoms with Gasteiger partial charge in [-0.15, -0.1) is 0 Å². The summed E-state index contributed by atoms with van der Waals surface area (Å²) in [5, 5.41) is 19.3. The van der Waals surface area contributed by atoms with E-state index in [0.717, 1.165) is 0 Å². The van der Waals surface area contributed by atoms with Crippen LogP contribution in [0.3, 0.4) is 0 Å². The van der Waals surface area contributed by atoms with Crippen LogP contribution in [0.25, 0.3) is 0 Å². The number of aldehydes is 1. The molecule has 0 rings (SSSR count). The lowest BCUT2D eigenvalue weighted by Gasteiger charge is -2.30. The molecular weight excluding hydrogens is 405 g/mol. The Kier molecular flexibility index (Phi) is 9.00. The third-order valence-corrected chi connectivity index (χ3v) is 3.64. The molecule has 0 aliphatic carbocycles. The maximum atomic E-state index is 10.8. The molecule has 0 fully saturated rings. The van der Waals surface area contributed by atoms with E-state index in [1.807, 2.05) is 0 Å². The SMILES string of the molecule is O=C[C@H](OP(=O)(O)O)[C@H](O)[C@H](OP(=O)(O)O)[C@H](O)COP(=O)(O)O. The number of aliphatic hydroxyl groups is 2. The van der Waals surface area contributed by atoms with Crippen molar-refractivity contribution in [2.24, 2.45) is 0 Å². The number of phosphoric ester groups is 3. The minimum atomic E-state index is -5.43. The van der Waals surface area contributed by atoms with E-state index < -0.39 is 54.5 Å². The highest BCUT2D eigenvalue weighted by Gasteiger charge is 2.41. The van der Waals surface area contributed by atoms with E-state index in [1.54, 1.807) is 0 Å². The smallest absolute Gasteiger partial charge is 0.388 e. The van der Waals surface area contributed by atoms with E-state index >= 15 is 0 Å². The van der Waals surface area contributed by atoms with Crippen molar-refractivity contribution in [1.29, 1.82) is 0 Å². The number of hydrogen-bond acceptors (Lipinski definition) is 9. The first kappa shape index (κ1) is 23.9. The number of carbonyl (C=O) groups is 1. The minimum absolute atomic E-state index is 0.365. The van der Waals surface area contributed by atoms with Crippen LogP contribution in [0.1, 0.15) is 0 Å². The van der Waals surface area contributed by atoms with Crippen molar-refractivity contribution in [2.75, 3.05) is 6.61 Å². The van der Waals surface area contributed by atoms with Gasteiger partial charge in [-0.1, -0.05) is 0 Å². The topological polar surface area (TPSA) is 258 Å². The van der Waals surface area contributed by atoms with Crippen LogP contribution in [0.4, 0.5) is 0 Å². The van der Waals surface area contributed by atoms with Crippen LogP contribution in [-0.2, 0) is 32.1 Å². The Labute approximate surface area is 133 Å². The van der Waals surface area contributed by atoms with E-state index in [0.29, 0.717) is 0 Å². The highest BCUT2D eigenvalue weighted by Crippen LogP contribution is 2.43. The van der Waals surface area contributed by atoms with Crippen LogP contribution in [0, 0.1) is 0 Å². The van der Waals surface area contributed by atoms with Crippen molar-refractivity contribution < 1.29 is 71.6 Å². The molecule has 24 heavy (non-hydrogen) atoms. The molecule has 0 aromatic heterocycles. The Morgan fingerprint density at radius 3 is 1.62 bits per heavy atom. The van der Waals surface area contributed by atoms with E-state index in [4.69, 9.17) is 29.4 Å². The quantitative estimate of drug-likeness (QED) is 0.122. The van der Waals surface area contributed by atoms with Crippen LogP contribution in [0.5, 0.6) is 0 Å². The zero-order chi connectivity index (χ0) is 19.3. The summed E-state index contributed by atoms with van der Waals surface area (Å²) < 4.78 is 43.6. The molecular formula is C6H15O15P3. The maximum Gasteiger partial charge on any atom is 0.470 e. The van der Waals surface area contributed by atoms with Gasteiger partial charge in [-0.3, -0.25) is 13.6 Å². The van der Waals surface area contributed by atoms with E-state index in [2.05, 4.69) is 13.6 Å². The summed E-state index contributed by atoms with van der Waals surface area (Å²) in [6.45, 7) is -1.33. The van der Waals surface area contributed by atoms with Crippen molar-refractivity contribution in [3.63, 3.8) is 0 Å². The van der Waals surface area contributed by atoms with E-state index in [9.17, 15) is 28.7 Å². The third kappa shape index (κ3) is 10.7. The third-order valence-electron chi connectivity index (χ3n) is 2.12. The second-order valence-corrected chi connectivity index (χ2v) is 7.72. The Morgan fingerprint density at radius 1 is 0.833 bits per heavy atom. The number of aliphatic hydroxyl groups excluding tert-OH is 2. The summed E-state index contributed by atoms with van der Waals surface area (Å²) in [7, 11) is -15.9. The molecule has 0 saturated heterocycles. The second-order valence-electron chi connectivity index (χ2n) is 4.10. The lowest BCUT2D eigenvalue weighted by molar-refractivity contribution is -0.133. The van der Waals surface area contributed by atoms with Crippen molar-refractivity contribution in [2.45, 2.75) is 24.4 Å². The van der Waals surface area contributed by atoms with Gasteiger partial charge in [0.2, 0.25) is 0 Å². The Bertz CT molecular complexity index is 543. The number of hydrogen-bond donors (Lipinski definition) is 8. The van der Waals surface area contributed by atoms with Gasteiger partial charge in [-0.25, -0.2) is 13.7 Å².